The average Bonchev–Trinajstić information content (AvgIpc) is 2.66. The van der Waals surface area contributed by atoms with Crippen molar-refractivity contribution in [1.82, 2.24) is 14.9 Å². The molecule has 0 unspecified atom stereocenters. The first-order valence-electron chi connectivity index (χ1n) is 9.71. The fourth-order valence-electron chi connectivity index (χ4n) is 3.14. The number of hydrogen-bond donors (Lipinski definition) is 2. The fourth-order valence-corrected chi connectivity index (χ4v) is 4.27. The molecule has 2 N–H and O–H groups in total. The number of aliphatic imine (C=N–C) groups is 1. The zero-order valence-corrected chi connectivity index (χ0v) is 19.8. The van der Waals surface area contributed by atoms with E-state index in [9.17, 15) is 12.8 Å². The van der Waals surface area contributed by atoms with Crippen molar-refractivity contribution >= 4 is 40.0 Å². The molecule has 0 bridgehead atoms. The van der Waals surface area contributed by atoms with Crippen molar-refractivity contribution in [2.75, 3.05) is 31.9 Å². The molecule has 28 heavy (non-hydrogen) atoms. The van der Waals surface area contributed by atoms with Gasteiger partial charge in [-0.2, -0.15) is 0 Å². The van der Waals surface area contributed by atoms with Gasteiger partial charge in [0.15, 0.2) is 5.96 Å². The van der Waals surface area contributed by atoms with Crippen LogP contribution in [-0.4, -0.2) is 56.7 Å². The molecule has 1 fully saturated rings. The van der Waals surface area contributed by atoms with Crippen molar-refractivity contribution in [3.05, 3.63) is 35.6 Å². The van der Waals surface area contributed by atoms with Gasteiger partial charge in [-0.1, -0.05) is 12.1 Å². The van der Waals surface area contributed by atoms with Crippen molar-refractivity contribution in [1.29, 1.82) is 0 Å². The van der Waals surface area contributed by atoms with Crippen LogP contribution in [0.2, 0.25) is 0 Å². The maximum absolute atomic E-state index is 13.2. The minimum absolute atomic E-state index is 0. The summed E-state index contributed by atoms with van der Waals surface area (Å²) >= 11 is 0. The van der Waals surface area contributed by atoms with E-state index in [0.29, 0.717) is 19.6 Å². The first-order valence-corrected chi connectivity index (χ1v) is 11.3. The summed E-state index contributed by atoms with van der Waals surface area (Å²) < 4.78 is 38.7. The minimum atomic E-state index is -3.10. The molecule has 0 atom stereocenters. The van der Waals surface area contributed by atoms with Crippen LogP contribution in [0.3, 0.4) is 0 Å². The van der Waals surface area contributed by atoms with E-state index in [1.165, 1.54) is 6.07 Å². The van der Waals surface area contributed by atoms with E-state index in [4.69, 9.17) is 0 Å². The van der Waals surface area contributed by atoms with Gasteiger partial charge in [-0.25, -0.2) is 17.1 Å². The molecule has 2 rings (SSSR count). The van der Waals surface area contributed by atoms with Gasteiger partial charge in [0.25, 0.3) is 0 Å². The predicted molar refractivity (Wildman–Crippen MR) is 123 cm³/mol. The Kier molecular flexibility index (Phi) is 11.3. The Morgan fingerprint density at radius 2 is 2.00 bits per heavy atom. The first kappa shape index (κ1) is 25.1. The topological polar surface area (TPSA) is 73.8 Å². The van der Waals surface area contributed by atoms with Crippen LogP contribution in [0.4, 0.5) is 4.39 Å². The molecule has 0 spiro atoms. The zero-order chi connectivity index (χ0) is 19.7. The van der Waals surface area contributed by atoms with Gasteiger partial charge in [-0.05, 0) is 57.2 Å². The number of sulfonamides is 1. The number of nitrogens with one attached hydrogen (secondary N) is 2. The standard InChI is InChI=1S/C19H31FN4O2S.HI/c1-3-21-19(22-12-6-8-16-7-5-9-17(20)15-16)23-18-10-13-24(14-11-18)27(25,26)4-2;/h5,7,9,15,18H,3-4,6,8,10-14H2,1-2H3,(H2,21,22,23);1H. The van der Waals surface area contributed by atoms with Crippen molar-refractivity contribution in [2.45, 2.75) is 45.6 Å². The van der Waals surface area contributed by atoms with Crippen LogP contribution in [0.25, 0.3) is 0 Å². The second kappa shape index (κ2) is 12.6. The lowest BCUT2D eigenvalue weighted by molar-refractivity contribution is 0.306. The highest BCUT2D eigenvalue weighted by atomic mass is 127. The highest BCUT2D eigenvalue weighted by Crippen LogP contribution is 2.14. The van der Waals surface area contributed by atoms with Gasteiger partial charge in [0, 0.05) is 32.2 Å². The minimum Gasteiger partial charge on any atom is -0.357 e. The van der Waals surface area contributed by atoms with Crippen LogP contribution in [0.1, 0.15) is 38.7 Å². The Labute approximate surface area is 185 Å². The molecule has 1 aromatic rings. The van der Waals surface area contributed by atoms with Gasteiger partial charge >= 0.3 is 0 Å². The molecular formula is C19H32FIN4O2S. The SMILES string of the molecule is CCNC(=NCCCc1cccc(F)c1)NC1CCN(S(=O)(=O)CC)CC1.I. The van der Waals surface area contributed by atoms with Gasteiger partial charge in [-0.15, -0.1) is 24.0 Å². The van der Waals surface area contributed by atoms with Crippen LogP contribution in [-0.2, 0) is 16.4 Å². The third-order valence-corrected chi connectivity index (χ3v) is 6.56. The largest absolute Gasteiger partial charge is 0.357 e. The van der Waals surface area contributed by atoms with E-state index in [0.717, 1.165) is 43.8 Å². The van der Waals surface area contributed by atoms with E-state index in [1.54, 1.807) is 23.4 Å². The Morgan fingerprint density at radius 3 is 2.61 bits per heavy atom. The summed E-state index contributed by atoms with van der Waals surface area (Å²) in [6.45, 7) is 6.20. The van der Waals surface area contributed by atoms with E-state index in [1.807, 2.05) is 13.0 Å². The van der Waals surface area contributed by atoms with E-state index in [-0.39, 0.29) is 41.6 Å². The quantitative estimate of drug-likeness (QED) is 0.237. The van der Waals surface area contributed by atoms with Crippen LogP contribution in [0, 0.1) is 5.82 Å². The maximum atomic E-state index is 13.2. The molecule has 9 heteroatoms. The Hall–Kier alpha value is -0.940. The normalized spacial score (nSPS) is 16.5. The summed E-state index contributed by atoms with van der Waals surface area (Å²) in [5.74, 6) is 0.705. The zero-order valence-electron chi connectivity index (χ0n) is 16.7. The summed E-state index contributed by atoms with van der Waals surface area (Å²) in [6, 6.07) is 6.88. The number of halogens is 2. The summed E-state index contributed by atoms with van der Waals surface area (Å²) in [5, 5.41) is 6.65. The highest BCUT2D eigenvalue weighted by molar-refractivity contribution is 14.0. The molecule has 1 aliphatic heterocycles. The molecular weight excluding hydrogens is 494 g/mol. The maximum Gasteiger partial charge on any atom is 0.213 e. The van der Waals surface area contributed by atoms with Crippen molar-refractivity contribution in [3.8, 4) is 0 Å². The van der Waals surface area contributed by atoms with Gasteiger partial charge < -0.3 is 10.6 Å². The Bertz CT molecular complexity index is 722. The van der Waals surface area contributed by atoms with Crippen LogP contribution < -0.4 is 10.6 Å². The molecule has 1 heterocycles. The number of piperidine rings is 1. The summed E-state index contributed by atoms with van der Waals surface area (Å²) in [6.07, 6.45) is 3.17. The molecule has 1 aliphatic rings. The monoisotopic (exact) mass is 526 g/mol. The van der Waals surface area contributed by atoms with Crippen molar-refractivity contribution in [2.24, 2.45) is 4.99 Å². The van der Waals surface area contributed by atoms with Gasteiger partial charge in [0.2, 0.25) is 10.0 Å². The molecule has 0 saturated carbocycles. The van der Waals surface area contributed by atoms with Gasteiger partial charge in [0.05, 0.1) is 5.75 Å². The number of hydrogen-bond acceptors (Lipinski definition) is 3. The second-order valence-electron chi connectivity index (χ2n) is 6.71. The number of rotatable bonds is 8. The first-order chi connectivity index (χ1) is 12.9. The molecule has 1 aromatic carbocycles. The molecule has 160 valence electrons. The van der Waals surface area contributed by atoms with Gasteiger partial charge in [-0.3, -0.25) is 4.99 Å². The highest BCUT2D eigenvalue weighted by Gasteiger charge is 2.26. The van der Waals surface area contributed by atoms with Crippen LogP contribution >= 0.6 is 24.0 Å². The molecule has 0 radical (unpaired) electrons. The lowest BCUT2D eigenvalue weighted by Gasteiger charge is -2.32. The Balaban J connectivity index is 0.00000392. The summed E-state index contributed by atoms with van der Waals surface area (Å²) in [5.41, 5.74) is 0.979. The number of benzene rings is 1. The third-order valence-electron chi connectivity index (χ3n) is 4.68. The van der Waals surface area contributed by atoms with Crippen molar-refractivity contribution in [3.63, 3.8) is 0 Å². The second-order valence-corrected chi connectivity index (χ2v) is 8.97. The fraction of sp³-hybridized carbons (Fsp3) is 0.632. The third kappa shape index (κ3) is 8.20. The van der Waals surface area contributed by atoms with Crippen molar-refractivity contribution < 1.29 is 12.8 Å². The van der Waals surface area contributed by atoms with Crippen LogP contribution in [0.5, 0.6) is 0 Å². The number of guanidine groups is 1. The predicted octanol–water partition coefficient (Wildman–Crippen LogP) is 2.75. The molecule has 6 nitrogen and oxygen atoms in total. The van der Waals surface area contributed by atoms with E-state index < -0.39 is 10.0 Å². The van der Waals surface area contributed by atoms with Crippen LogP contribution in [0.15, 0.2) is 29.3 Å². The number of nitrogens with zero attached hydrogens (tertiary/aromatic N) is 2. The summed E-state index contributed by atoms with van der Waals surface area (Å²) in [4.78, 5) is 4.60. The molecule has 0 amide bonds. The molecule has 1 saturated heterocycles. The molecule has 0 aromatic heterocycles. The van der Waals surface area contributed by atoms with E-state index >= 15 is 0 Å². The summed E-state index contributed by atoms with van der Waals surface area (Å²) in [7, 11) is -3.10. The number of aryl methyl sites for hydroxylation is 1. The van der Waals surface area contributed by atoms with Gasteiger partial charge in [0.1, 0.15) is 5.82 Å². The lowest BCUT2D eigenvalue weighted by Crippen LogP contribution is -2.50. The average molecular weight is 526 g/mol. The molecule has 0 aliphatic carbocycles. The van der Waals surface area contributed by atoms with E-state index in [2.05, 4.69) is 15.6 Å². The lowest BCUT2D eigenvalue weighted by atomic mass is 10.1. The Morgan fingerprint density at radius 1 is 1.29 bits per heavy atom. The smallest absolute Gasteiger partial charge is 0.213 e.